The molecule has 0 radical (unpaired) electrons. The third kappa shape index (κ3) is 4.09. The first-order valence-electron chi connectivity index (χ1n) is 7.60. The number of amides is 1. The molecule has 0 heterocycles. The first-order valence-corrected chi connectivity index (χ1v) is 7.60. The van der Waals surface area contributed by atoms with Crippen molar-refractivity contribution in [3.05, 3.63) is 0 Å². The molecule has 2 saturated carbocycles. The van der Waals surface area contributed by atoms with E-state index in [9.17, 15) is 4.79 Å². The van der Waals surface area contributed by atoms with Crippen LogP contribution in [0.1, 0.15) is 65.2 Å². The third-order valence-electron chi connectivity index (χ3n) is 5.01. The first kappa shape index (κ1) is 16.8. The molecule has 4 atom stereocenters. The van der Waals surface area contributed by atoms with E-state index in [0.717, 1.165) is 32.1 Å². The predicted molar refractivity (Wildman–Crippen MR) is 81.4 cm³/mol. The van der Waals surface area contributed by atoms with Crippen LogP contribution in [0.5, 0.6) is 0 Å². The van der Waals surface area contributed by atoms with Gasteiger partial charge in [0.25, 0.3) is 0 Å². The predicted octanol–water partition coefficient (Wildman–Crippen LogP) is 3.01. The zero-order chi connectivity index (χ0) is 13.2. The summed E-state index contributed by atoms with van der Waals surface area (Å²) < 4.78 is 0. The summed E-state index contributed by atoms with van der Waals surface area (Å²) in [4.78, 5) is 12.4. The first-order chi connectivity index (χ1) is 8.50. The quantitative estimate of drug-likeness (QED) is 0.821. The van der Waals surface area contributed by atoms with Crippen LogP contribution in [0.25, 0.3) is 0 Å². The maximum Gasteiger partial charge on any atom is 0.225 e. The third-order valence-corrected chi connectivity index (χ3v) is 5.01. The number of carbonyl (C=O) groups is 1. The lowest BCUT2D eigenvalue weighted by molar-refractivity contribution is -0.129. The van der Waals surface area contributed by atoms with Crippen molar-refractivity contribution in [1.82, 2.24) is 5.32 Å². The van der Waals surface area contributed by atoms with Gasteiger partial charge in [-0.25, -0.2) is 0 Å². The molecule has 1 amide bonds. The van der Waals surface area contributed by atoms with Gasteiger partial charge >= 0.3 is 0 Å². The van der Waals surface area contributed by atoms with Gasteiger partial charge in [-0.15, -0.1) is 12.4 Å². The summed E-state index contributed by atoms with van der Waals surface area (Å²) in [5.41, 5.74) is 6.00. The molecule has 0 spiro atoms. The molecule has 0 bridgehead atoms. The normalized spacial score (nSPS) is 39.2. The van der Waals surface area contributed by atoms with Gasteiger partial charge in [0.15, 0.2) is 0 Å². The van der Waals surface area contributed by atoms with Crippen molar-refractivity contribution >= 4 is 18.3 Å². The Morgan fingerprint density at radius 2 is 1.79 bits per heavy atom. The molecule has 0 aromatic heterocycles. The molecule has 0 saturated heterocycles. The highest BCUT2D eigenvalue weighted by Crippen LogP contribution is 2.32. The van der Waals surface area contributed by atoms with Crippen LogP contribution in [0.2, 0.25) is 0 Å². The molecule has 2 aliphatic rings. The van der Waals surface area contributed by atoms with E-state index < -0.39 is 0 Å². The van der Waals surface area contributed by atoms with E-state index >= 15 is 0 Å². The average Bonchev–Trinajstić information content (AvgIpc) is 2.31. The highest BCUT2D eigenvalue weighted by Gasteiger charge is 2.38. The second kappa shape index (κ2) is 6.94. The number of nitrogens with two attached hydrogens (primary N) is 1. The second-order valence-corrected chi connectivity index (χ2v) is 6.68. The number of hydrogen-bond donors (Lipinski definition) is 2. The number of nitrogens with one attached hydrogen (secondary N) is 1. The van der Waals surface area contributed by atoms with Crippen molar-refractivity contribution in [3.8, 4) is 0 Å². The van der Waals surface area contributed by atoms with Crippen molar-refractivity contribution in [2.24, 2.45) is 17.6 Å². The van der Waals surface area contributed by atoms with Crippen LogP contribution < -0.4 is 11.1 Å². The zero-order valence-electron chi connectivity index (χ0n) is 12.3. The van der Waals surface area contributed by atoms with E-state index in [2.05, 4.69) is 12.2 Å². The summed E-state index contributed by atoms with van der Waals surface area (Å²) in [6, 6.07) is 0.379. The molecular formula is C15H29ClN2O. The molecular weight excluding hydrogens is 260 g/mol. The van der Waals surface area contributed by atoms with Gasteiger partial charge in [-0.05, 0) is 38.5 Å². The van der Waals surface area contributed by atoms with E-state index in [1.807, 2.05) is 6.92 Å². The lowest BCUT2D eigenvalue weighted by atomic mass is 9.74. The molecule has 19 heavy (non-hydrogen) atoms. The fraction of sp³-hybridized carbons (Fsp3) is 0.933. The van der Waals surface area contributed by atoms with Crippen LogP contribution >= 0.6 is 12.4 Å². The molecule has 2 fully saturated rings. The maximum absolute atomic E-state index is 12.4. The van der Waals surface area contributed by atoms with E-state index in [1.54, 1.807) is 0 Å². The van der Waals surface area contributed by atoms with Gasteiger partial charge < -0.3 is 11.1 Å². The molecule has 3 N–H and O–H groups in total. The fourth-order valence-corrected chi connectivity index (χ4v) is 3.60. The standard InChI is InChI=1S/C15H28N2O.ClH/c1-11-7-3-4-9-13(11)17-14(18)12-8-5-6-10-15(12,2)16;/h11-13H,3-10,16H2,1-2H3,(H,17,18);1H. The van der Waals surface area contributed by atoms with Gasteiger partial charge in [-0.1, -0.05) is 32.6 Å². The molecule has 3 nitrogen and oxygen atoms in total. The minimum absolute atomic E-state index is 0. The Labute approximate surface area is 123 Å². The van der Waals surface area contributed by atoms with Gasteiger partial charge in [-0.2, -0.15) is 0 Å². The van der Waals surface area contributed by atoms with Gasteiger partial charge in [0.05, 0.1) is 5.92 Å². The Morgan fingerprint density at radius 3 is 2.42 bits per heavy atom. The van der Waals surface area contributed by atoms with Crippen molar-refractivity contribution in [2.75, 3.05) is 0 Å². The van der Waals surface area contributed by atoms with Crippen molar-refractivity contribution in [1.29, 1.82) is 0 Å². The Balaban J connectivity index is 0.00000180. The summed E-state index contributed by atoms with van der Waals surface area (Å²) in [7, 11) is 0. The summed E-state index contributed by atoms with van der Waals surface area (Å²) in [6.45, 7) is 4.30. The molecule has 112 valence electrons. The minimum Gasteiger partial charge on any atom is -0.353 e. The molecule has 0 aromatic carbocycles. The molecule has 4 unspecified atom stereocenters. The summed E-state index contributed by atoms with van der Waals surface area (Å²) >= 11 is 0. The Bertz CT molecular complexity index is 307. The van der Waals surface area contributed by atoms with Crippen LogP contribution in [0.15, 0.2) is 0 Å². The summed E-state index contributed by atoms with van der Waals surface area (Å²) in [5.74, 6) is 0.842. The minimum atomic E-state index is -0.305. The van der Waals surface area contributed by atoms with Crippen molar-refractivity contribution in [2.45, 2.75) is 76.8 Å². The topological polar surface area (TPSA) is 55.1 Å². The maximum atomic E-state index is 12.4. The molecule has 0 aromatic rings. The Morgan fingerprint density at radius 1 is 1.16 bits per heavy atom. The smallest absolute Gasteiger partial charge is 0.225 e. The largest absolute Gasteiger partial charge is 0.353 e. The Kier molecular flexibility index (Phi) is 6.13. The summed E-state index contributed by atoms with van der Waals surface area (Å²) in [5, 5.41) is 3.28. The van der Waals surface area contributed by atoms with Crippen LogP contribution in [0.4, 0.5) is 0 Å². The van der Waals surface area contributed by atoms with Crippen molar-refractivity contribution in [3.63, 3.8) is 0 Å². The van der Waals surface area contributed by atoms with E-state index in [0.29, 0.717) is 12.0 Å². The van der Waals surface area contributed by atoms with Gasteiger partial charge in [0.2, 0.25) is 5.91 Å². The van der Waals surface area contributed by atoms with E-state index in [1.165, 1.54) is 19.3 Å². The zero-order valence-corrected chi connectivity index (χ0v) is 13.1. The van der Waals surface area contributed by atoms with E-state index in [4.69, 9.17) is 5.73 Å². The number of hydrogen-bond acceptors (Lipinski definition) is 2. The van der Waals surface area contributed by atoms with E-state index in [-0.39, 0.29) is 29.8 Å². The number of carbonyl (C=O) groups excluding carboxylic acids is 1. The van der Waals surface area contributed by atoms with Gasteiger partial charge in [-0.3, -0.25) is 4.79 Å². The highest BCUT2D eigenvalue weighted by molar-refractivity contribution is 5.85. The average molecular weight is 289 g/mol. The fourth-order valence-electron chi connectivity index (χ4n) is 3.60. The SMILES string of the molecule is CC1CCCCC1NC(=O)C1CCCCC1(C)N.Cl. The Hall–Kier alpha value is -0.280. The molecule has 4 heteroatoms. The van der Waals surface area contributed by atoms with Gasteiger partial charge in [0, 0.05) is 11.6 Å². The van der Waals surface area contributed by atoms with Crippen LogP contribution in [0, 0.1) is 11.8 Å². The lowest BCUT2D eigenvalue weighted by Crippen LogP contribution is -2.55. The van der Waals surface area contributed by atoms with Crippen LogP contribution in [0.3, 0.4) is 0 Å². The molecule has 2 aliphatic carbocycles. The number of halogens is 1. The van der Waals surface area contributed by atoms with Crippen molar-refractivity contribution < 1.29 is 4.79 Å². The van der Waals surface area contributed by atoms with Crippen LogP contribution in [-0.2, 0) is 4.79 Å². The van der Waals surface area contributed by atoms with Gasteiger partial charge in [0.1, 0.15) is 0 Å². The summed E-state index contributed by atoms with van der Waals surface area (Å²) in [6.07, 6.45) is 9.19. The number of rotatable bonds is 2. The molecule has 0 aliphatic heterocycles. The lowest BCUT2D eigenvalue weighted by Gasteiger charge is -2.39. The molecule has 2 rings (SSSR count). The van der Waals surface area contributed by atoms with Crippen LogP contribution in [-0.4, -0.2) is 17.5 Å². The second-order valence-electron chi connectivity index (χ2n) is 6.68. The monoisotopic (exact) mass is 288 g/mol. The highest BCUT2D eigenvalue weighted by atomic mass is 35.5.